The summed E-state index contributed by atoms with van der Waals surface area (Å²) in [4.78, 5) is 28.3. The number of H-pyrrole nitrogens is 1. The van der Waals surface area contributed by atoms with E-state index in [1.807, 2.05) is 19.1 Å². The molecule has 0 bridgehead atoms. The van der Waals surface area contributed by atoms with E-state index in [1.165, 1.54) is 22.8 Å². The number of aryl methyl sites for hydroxylation is 2. The number of rotatable bonds is 7. The summed E-state index contributed by atoms with van der Waals surface area (Å²) >= 11 is 6.39. The van der Waals surface area contributed by atoms with E-state index < -0.39 is 15.7 Å². The fraction of sp³-hybridized carbons (Fsp3) is 0.192. The highest BCUT2D eigenvalue weighted by atomic mass is 35.5. The van der Waals surface area contributed by atoms with Crippen molar-refractivity contribution in [3.8, 4) is 28.7 Å². The largest absolute Gasteiger partial charge is 0.455 e. The van der Waals surface area contributed by atoms with Gasteiger partial charge < -0.3 is 19.6 Å². The quantitative estimate of drug-likeness (QED) is 0.336. The van der Waals surface area contributed by atoms with Crippen molar-refractivity contribution in [2.24, 2.45) is 7.05 Å². The molecule has 2 aromatic heterocycles. The molecule has 1 amide bonds. The second kappa shape index (κ2) is 10.1. The lowest BCUT2D eigenvalue weighted by molar-refractivity contribution is 0.0954. The average molecular weight is 539 g/mol. The first-order valence-corrected chi connectivity index (χ1v) is 13.3. The summed E-state index contributed by atoms with van der Waals surface area (Å²) in [6, 6.07) is 13.1. The predicted octanol–water partition coefficient (Wildman–Crippen LogP) is 4.33. The van der Waals surface area contributed by atoms with Gasteiger partial charge in [0.1, 0.15) is 29.3 Å². The Morgan fingerprint density at radius 2 is 1.97 bits per heavy atom. The minimum atomic E-state index is -3.58. The maximum atomic E-state index is 12.9. The van der Waals surface area contributed by atoms with Crippen LogP contribution in [-0.2, 0) is 16.9 Å². The number of amides is 1. The van der Waals surface area contributed by atoms with Gasteiger partial charge in [0.25, 0.3) is 11.5 Å². The monoisotopic (exact) mass is 538 g/mol. The molecule has 0 saturated heterocycles. The Bertz CT molecular complexity index is 1730. The molecule has 0 saturated carbocycles. The van der Waals surface area contributed by atoms with E-state index >= 15 is 0 Å². The molecular weight excluding hydrogens is 516 g/mol. The molecule has 190 valence electrons. The molecule has 2 aromatic carbocycles. The van der Waals surface area contributed by atoms with Crippen LogP contribution in [0.15, 0.2) is 58.4 Å². The van der Waals surface area contributed by atoms with Gasteiger partial charge in [-0.1, -0.05) is 30.7 Å². The summed E-state index contributed by atoms with van der Waals surface area (Å²) < 4.78 is 33.0. The lowest BCUT2D eigenvalue weighted by Crippen LogP contribution is -2.24. The summed E-state index contributed by atoms with van der Waals surface area (Å²) in [6.07, 6.45) is 1.56. The molecule has 0 fully saturated rings. The molecule has 4 rings (SSSR count). The SMILES string of the molecule is CCS(=O)(=O)c1ccc(Oc2c(C)cccc2Cl)c(-c2cn(C)c(=O)c3[nH]c(C(=O)NCC#N)cc23)c1. The third kappa shape index (κ3) is 4.96. The Kier molecular flexibility index (Phi) is 7.12. The molecule has 0 spiro atoms. The number of aromatic nitrogens is 2. The van der Waals surface area contributed by atoms with Gasteiger partial charge in [-0.25, -0.2) is 8.42 Å². The van der Waals surface area contributed by atoms with Gasteiger partial charge in [0, 0.05) is 29.8 Å². The van der Waals surface area contributed by atoms with Crippen LogP contribution in [-0.4, -0.2) is 36.2 Å². The number of nitrogens with zero attached hydrogens (tertiary/aromatic N) is 2. The van der Waals surface area contributed by atoms with Crippen LogP contribution in [0.3, 0.4) is 0 Å². The molecule has 0 atom stereocenters. The van der Waals surface area contributed by atoms with Crippen LogP contribution in [0.2, 0.25) is 5.02 Å². The van der Waals surface area contributed by atoms with Crippen molar-refractivity contribution < 1.29 is 17.9 Å². The Labute approximate surface area is 218 Å². The van der Waals surface area contributed by atoms with Crippen LogP contribution in [0.5, 0.6) is 11.5 Å². The van der Waals surface area contributed by atoms with Crippen molar-refractivity contribution in [2.45, 2.75) is 18.7 Å². The minimum Gasteiger partial charge on any atom is -0.455 e. The van der Waals surface area contributed by atoms with E-state index in [-0.39, 0.29) is 34.0 Å². The second-order valence-corrected chi connectivity index (χ2v) is 11.0. The molecule has 0 radical (unpaired) electrons. The average Bonchev–Trinajstić information content (AvgIpc) is 3.33. The molecule has 0 unspecified atom stereocenters. The lowest BCUT2D eigenvalue weighted by atomic mass is 10.0. The van der Waals surface area contributed by atoms with Gasteiger partial charge in [-0.3, -0.25) is 9.59 Å². The molecule has 0 aliphatic heterocycles. The molecule has 37 heavy (non-hydrogen) atoms. The number of pyridine rings is 1. The van der Waals surface area contributed by atoms with Crippen LogP contribution in [0.4, 0.5) is 0 Å². The van der Waals surface area contributed by atoms with E-state index in [0.29, 0.717) is 33.0 Å². The Hall–Kier alpha value is -4.07. The number of benzene rings is 2. The predicted molar refractivity (Wildman–Crippen MR) is 141 cm³/mol. The summed E-state index contributed by atoms with van der Waals surface area (Å²) in [6.45, 7) is 3.18. The number of carbonyl (C=O) groups is 1. The molecular formula is C26H23ClN4O5S. The van der Waals surface area contributed by atoms with E-state index in [0.717, 1.165) is 5.56 Å². The first-order chi connectivity index (χ1) is 17.6. The van der Waals surface area contributed by atoms with Crippen molar-refractivity contribution in [1.29, 1.82) is 5.26 Å². The molecule has 11 heteroatoms. The number of ether oxygens (including phenoxy) is 1. The first-order valence-electron chi connectivity index (χ1n) is 11.2. The highest BCUT2D eigenvalue weighted by Gasteiger charge is 2.22. The number of hydrogen-bond donors (Lipinski definition) is 2. The second-order valence-electron chi connectivity index (χ2n) is 8.32. The minimum absolute atomic E-state index is 0.0801. The first kappa shape index (κ1) is 26.0. The summed E-state index contributed by atoms with van der Waals surface area (Å²) in [5, 5.41) is 12.0. The number of fused-ring (bicyclic) bond motifs is 1. The highest BCUT2D eigenvalue weighted by Crippen LogP contribution is 2.41. The topological polar surface area (TPSA) is 134 Å². The Morgan fingerprint density at radius 1 is 1.22 bits per heavy atom. The van der Waals surface area contributed by atoms with Crippen molar-refractivity contribution in [2.75, 3.05) is 12.3 Å². The Morgan fingerprint density at radius 3 is 2.65 bits per heavy atom. The van der Waals surface area contributed by atoms with Crippen molar-refractivity contribution in [3.63, 3.8) is 0 Å². The van der Waals surface area contributed by atoms with Crippen molar-refractivity contribution in [3.05, 3.63) is 75.3 Å². The smallest absolute Gasteiger partial charge is 0.274 e. The van der Waals surface area contributed by atoms with Crippen LogP contribution in [0.25, 0.3) is 22.0 Å². The van der Waals surface area contributed by atoms with Crippen molar-refractivity contribution >= 4 is 38.2 Å². The molecule has 0 aliphatic carbocycles. The summed E-state index contributed by atoms with van der Waals surface area (Å²) in [7, 11) is -2.03. The number of nitriles is 1. The number of para-hydroxylation sites is 1. The van der Waals surface area contributed by atoms with Gasteiger partial charge in [0.15, 0.2) is 9.84 Å². The van der Waals surface area contributed by atoms with Crippen LogP contribution >= 0.6 is 11.6 Å². The van der Waals surface area contributed by atoms with Crippen LogP contribution in [0.1, 0.15) is 23.0 Å². The van der Waals surface area contributed by atoms with E-state index in [4.69, 9.17) is 21.6 Å². The van der Waals surface area contributed by atoms with Crippen molar-refractivity contribution in [1.82, 2.24) is 14.9 Å². The zero-order valence-electron chi connectivity index (χ0n) is 20.3. The van der Waals surface area contributed by atoms with E-state index in [1.54, 1.807) is 38.4 Å². The highest BCUT2D eigenvalue weighted by molar-refractivity contribution is 7.91. The molecule has 0 aliphatic rings. The third-order valence-electron chi connectivity index (χ3n) is 5.89. The fourth-order valence-electron chi connectivity index (χ4n) is 3.91. The fourth-order valence-corrected chi connectivity index (χ4v) is 5.08. The zero-order valence-corrected chi connectivity index (χ0v) is 21.8. The maximum Gasteiger partial charge on any atom is 0.274 e. The van der Waals surface area contributed by atoms with Crippen LogP contribution < -0.4 is 15.6 Å². The van der Waals surface area contributed by atoms with E-state index in [2.05, 4.69) is 10.3 Å². The molecule has 2 heterocycles. The van der Waals surface area contributed by atoms with Crippen LogP contribution in [0, 0.1) is 18.3 Å². The van der Waals surface area contributed by atoms with Gasteiger partial charge in [0.2, 0.25) is 0 Å². The van der Waals surface area contributed by atoms with Gasteiger partial charge in [-0.2, -0.15) is 5.26 Å². The third-order valence-corrected chi connectivity index (χ3v) is 7.92. The number of sulfone groups is 1. The maximum absolute atomic E-state index is 12.9. The summed E-state index contributed by atoms with van der Waals surface area (Å²) in [5.41, 5.74) is 1.45. The number of hydrogen-bond acceptors (Lipinski definition) is 6. The lowest BCUT2D eigenvalue weighted by Gasteiger charge is -2.17. The molecule has 4 aromatic rings. The Balaban J connectivity index is 2.01. The molecule has 2 N–H and O–H groups in total. The number of halogens is 1. The van der Waals surface area contributed by atoms with Gasteiger partial charge in [-0.05, 0) is 42.8 Å². The summed E-state index contributed by atoms with van der Waals surface area (Å²) in [5.74, 6) is 0.0501. The number of nitrogens with one attached hydrogen (secondary N) is 2. The molecule has 9 nitrogen and oxygen atoms in total. The van der Waals surface area contributed by atoms with E-state index in [9.17, 15) is 18.0 Å². The standard InChI is InChI=1S/C26H23ClN4O5S/c1-4-37(34,35)16-8-9-22(36-24-15(2)6-5-7-20(24)27)17(12-16)19-14-31(3)26(33)23-18(19)13-21(30-23)25(32)29-11-10-28/h5-9,12-14,30H,4,11H2,1-3H3,(H,29,32). The van der Waals surface area contributed by atoms with Gasteiger partial charge in [-0.15, -0.1) is 0 Å². The normalized spacial score (nSPS) is 11.3. The zero-order chi connectivity index (χ0) is 26.9. The van der Waals surface area contributed by atoms with Gasteiger partial charge >= 0.3 is 0 Å². The van der Waals surface area contributed by atoms with Gasteiger partial charge in [0.05, 0.1) is 21.7 Å². The number of aromatic amines is 1. The number of carbonyl (C=O) groups excluding carboxylic acids is 1.